The smallest absolute Gasteiger partial charge is 0.176 e. The third-order valence-corrected chi connectivity index (χ3v) is 4.15. The van der Waals surface area contributed by atoms with Gasteiger partial charge < -0.3 is 0 Å². The molecule has 0 spiro atoms. The van der Waals surface area contributed by atoms with Crippen LogP contribution in [-0.2, 0) is 0 Å². The average molecular weight is 266 g/mol. The summed E-state index contributed by atoms with van der Waals surface area (Å²) >= 11 is 5.97. The molecule has 0 N–H and O–H groups in total. The fraction of sp³-hybridized carbons (Fsp3) is 0.533. The number of aryl methyl sites for hydroxylation is 1. The van der Waals surface area contributed by atoms with Crippen molar-refractivity contribution in [3.05, 3.63) is 34.3 Å². The van der Waals surface area contributed by atoms with Gasteiger partial charge in [-0.3, -0.25) is 9.69 Å². The SMILES string of the molecule is Cc1cc(C(=O)CN2CCC(C)CC2)ccc1Cl. The number of carbonyl (C=O) groups excluding carboxylic acids is 1. The van der Waals surface area contributed by atoms with Crippen molar-refractivity contribution < 1.29 is 4.79 Å². The van der Waals surface area contributed by atoms with E-state index in [-0.39, 0.29) is 5.78 Å². The molecule has 98 valence electrons. The summed E-state index contributed by atoms with van der Waals surface area (Å²) in [5.41, 5.74) is 1.74. The first kappa shape index (κ1) is 13.6. The van der Waals surface area contributed by atoms with Crippen molar-refractivity contribution in [1.29, 1.82) is 0 Å². The third kappa shape index (κ3) is 3.33. The van der Waals surface area contributed by atoms with E-state index in [2.05, 4.69) is 11.8 Å². The lowest BCUT2D eigenvalue weighted by Gasteiger charge is -2.29. The Morgan fingerprint density at radius 3 is 2.67 bits per heavy atom. The lowest BCUT2D eigenvalue weighted by molar-refractivity contribution is 0.0899. The lowest BCUT2D eigenvalue weighted by atomic mass is 9.98. The van der Waals surface area contributed by atoms with Gasteiger partial charge in [-0.05, 0) is 62.5 Å². The molecule has 0 radical (unpaired) electrons. The number of likely N-dealkylation sites (tertiary alicyclic amines) is 1. The van der Waals surface area contributed by atoms with Crippen molar-refractivity contribution >= 4 is 17.4 Å². The molecular formula is C15H20ClNO. The zero-order chi connectivity index (χ0) is 13.1. The highest BCUT2D eigenvalue weighted by Crippen LogP contribution is 2.19. The van der Waals surface area contributed by atoms with Crippen LogP contribution >= 0.6 is 11.6 Å². The molecule has 1 heterocycles. The molecule has 0 bridgehead atoms. The van der Waals surface area contributed by atoms with Gasteiger partial charge in [0.05, 0.1) is 6.54 Å². The molecule has 0 saturated carbocycles. The Morgan fingerprint density at radius 2 is 2.06 bits per heavy atom. The van der Waals surface area contributed by atoms with Crippen molar-refractivity contribution in [2.75, 3.05) is 19.6 Å². The van der Waals surface area contributed by atoms with Gasteiger partial charge in [-0.25, -0.2) is 0 Å². The number of carbonyl (C=O) groups is 1. The van der Waals surface area contributed by atoms with Crippen LogP contribution in [0.25, 0.3) is 0 Å². The quantitative estimate of drug-likeness (QED) is 0.779. The monoisotopic (exact) mass is 265 g/mol. The van der Waals surface area contributed by atoms with E-state index in [1.165, 1.54) is 12.8 Å². The van der Waals surface area contributed by atoms with E-state index in [9.17, 15) is 4.79 Å². The van der Waals surface area contributed by atoms with Crippen LogP contribution in [0.3, 0.4) is 0 Å². The first-order valence-corrected chi connectivity index (χ1v) is 6.96. The standard InChI is InChI=1S/C15H20ClNO/c1-11-5-7-17(8-6-11)10-15(18)13-3-4-14(16)12(2)9-13/h3-4,9,11H,5-8,10H2,1-2H3. The predicted octanol–water partition coefficient (Wildman–Crippen LogP) is 3.56. The predicted molar refractivity (Wildman–Crippen MR) is 75.4 cm³/mol. The second kappa shape index (κ2) is 5.85. The van der Waals surface area contributed by atoms with Crippen LogP contribution in [0.4, 0.5) is 0 Å². The van der Waals surface area contributed by atoms with E-state index in [1.807, 2.05) is 25.1 Å². The Labute approximate surface area is 114 Å². The van der Waals surface area contributed by atoms with Crippen molar-refractivity contribution in [3.8, 4) is 0 Å². The van der Waals surface area contributed by atoms with Gasteiger partial charge in [-0.1, -0.05) is 18.5 Å². The van der Waals surface area contributed by atoms with Crippen LogP contribution in [0.2, 0.25) is 5.02 Å². The van der Waals surface area contributed by atoms with E-state index in [0.717, 1.165) is 35.2 Å². The molecule has 3 heteroatoms. The van der Waals surface area contributed by atoms with Crippen LogP contribution in [0.15, 0.2) is 18.2 Å². The number of Topliss-reactive ketones (excluding diaryl/α,β-unsaturated/α-hetero) is 1. The van der Waals surface area contributed by atoms with E-state index in [1.54, 1.807) is 0 Å². The minimum Gasteiger partial charge on any atom is -0.296 e. The molecule has 1 aliphatic heterocycles. The second-order valence-corrected chi connectivity index (χ2v) is 5.75. The second-order valence-electron chi connectivity index (χ2n) is 5.35. The van der Waals surface area contributed by atoms with Gasteiger partial charge in [0.15, 0.2) is 5.78 Å². The number of hydrogen-bond donors (Lipinski definition) is 0. The van der Waals surface area contributed by atoms with Gasteiger partial charge in [-0.15, -0.1) is 0 Å². The molecule has 18 heavy (non-hydrogen) atoms. The third-order valence-electron chi connectivity index (χ3n) is 3.72. The molecule has 1 aliphatic rings. The first-order valence-electron chi connectivity index (χ1n) is 6.58. The molecule has 1 aromatic rings. The number of benzene rings is 1. The number of rotatable bonds is 3. The molecule has 0 aliphatic carbocycles. The maximum absolute atomic E-state index is 12.2. The molecule has 0 atom stereocenters. The van der Waals surface area contributed by atoms with E-state index >= 15 is 0 Å². The molecule has 0 aromatic heterocycles. The Balaban J connectivity index is 1.97. The van der Waals surface area contributed by atoms with E-state index in [4.69, 9.17) is 11.6 Å². The molecule has 1 aromatic carbocycles. The number of ketones is 1. The largest absolute Gasteiger partial charge is 0.296 e. The fourth-order valence-corrected chi connectivity index (χ4v) is 2.45. The summed E-state index contributed by atoms with van der Waals surface area (Å²) < 4.78 is 0. The minimum atomic E-state index is 0.198. The zero-order valence-electron chi connectivity index (χ0n) is 11.1. The summed E-state index contributed by atoms with van der Waals surface area (Å²) in [4.78, 5) is 14.4. The molecular weight excluding hydrogens is 246 g/mol. The maximum Gasteiger partial charge on any atom is 0.176 e. The van der Waals surface area contributed by atoms with Crippen molar-refractivity contribution in [1.82, 2.24) is 4.90 Å². The maximum atomic E-state index is 12.2. The molecule has 1 fully saturated rings. The number of nitrogens with zero attached hydrogens (tertiary/aromatic N) is 1. The molecule has 2 nitrogen and oxygen atoms in total. The van der Waals surface area contributed by atoms with E-state index in [0.29, 0.717) is 6.54 Å². The highest BCUT2D eigenvalue weighted by atomic mass is 35.5. The summed E-state index contributed by atoms with van der Waals surface area (Å²) in [5, 5.41) is 0.721. The van der Waals surface area contributed by atoms with Crippen molar-refractivity contribution in [3.63, 3.8) is 0 Å². The topological polar surface area (TPSA) is 20.3 Å². The van der Waals surface area contributed by atoms with E-state index < -0.39 is 0 Å². The van der Waals surface area contributed by atoms with Gasteiger partial charge in [0.25, 0.3) is 0 Å². The lowest BCUT2D eigenvalue weighted by Crippen LogP contribution is -2.36. The van der Waals surface area contributed by atoms with Gasteiger partial charge >= 0.3 is 0 Å². The molecule has 2 rings (SSSR count). The number of halogens is 1. The average Bonchev–Trinajstić information content (AvgIpc) is 2.35. The van der Waals surface area contributed by atoms with Crippen molar-refractivity contribution in [2.45, 2.75) is 26.7 Å². The van der Waals surface area contributed by atoms with Gasteiger partial charge in [0.2, 0.25) is 0 Å². The Bertz CT molecular complexity index is 436. The highest BCUT2D eigenvalue weighted by molar-refractivity contribution is 6.31. The number of piperidine rings is 1. The summed E-state index contributed by atoms with van der Waals surface area (Å²) in [6.07, 6.45) is 2.40. The first-order chi connectivity index (χ1) is 8.56. The molecule has 1 saturated heterocycles. The molecule has 0 unspecified atom stereocenters. The Hall–Kier alpha value is -0.860. The van der Waals surface area contributed by atoms with Crippen molar-refractivity contribution in [2.24, 2.45) is 5.92 Å². The highest BCUT2D eigenvalue weighted by Gasteiger charge is 2.18. The summed E-state index contributed by atoms with van der Waals surface area (Å²) in [7, 11) is 0. The number of hydrogen-bond acceptors (Lipinski definition) is 2. The minimum absolute atomic E-state index is 0.198. The summed E-state index contributed by atoms with van der Waals surface area (Å²) in [6.45, 7) is 6.83. The Kier molecular flexibility index (Phi) is 4.41. The van der Waals surface area contributed by atoms with Gasteiger partial charge in [0, 0.05) is 10.6 Å². The van der Waals surface area contributed by atoms with Gasteiger partial charge in [0.1, 0.15) is 0 Å². The summed E-state index contributed by atoms with van der Waals surface area (Å²) in [5.74, 6) is 0.999. The summed E-state index contributed by atoms with van der Waals surface area (Å²) in [6, 6.07) is 5.52. The van der Waals surface area contributed by atoms with Crippen LogP contribution < -0.4 is 0 Å². The molecule has 0 amide bonds. The van der Waals surface area contributed by atoms with Gasteiger partial charge in [-0.2, -0.15) is 0 Å². The Morgan fingerprint density at radius 1 is 1.39 bits per heavy atom. The fourth-order valence-electron chi connectivity index (χ4n) is 2.33. The zero-order valence-corrected chi connectivity index (χ0v) is 11.8. The van der Waals surface area contributed by atoms with Crippen LogP contribution in [0.5, 0.6) is 0 Å². The van der Waals surface area contributed by atoms with Crippen LogP contribution in [-0.4, -0.2) is 30.3 Å². The normalized spacial score (nSPS) is 17.9. The van der Waals surface area contributed by atoms with Crippen LogP contribution in [0.1, 0.15) is 35.7 Å². The van der Waals surface area contributed by atoms with Crippen LogP contribution in [0, 0.1) is 12.8 Å².